The SMILES string of the molecule is CCOc1ccc2c(c1)sc(=NC(=O)Cc1cc(C)ccc1C)n2CC(=O)OC. The maximum absolute atomic E-state index is 12.7. The molecule has 0 radical (unpaired) electrons. The lowest BCUT2D eigenvalue weighted by Gasteiger charge is -2.06. The van der Waals surface area contributed by atoms with Crippen LogP contribution in [0.25, 0.3) is 10.2 Å². The van der Waals surface area contributed by atoms with Crippen molar-refractivity contribution in [1.82, 2.24) is 4.57 Å². The molecule has 0 aliphatic rings. The zero-order valence-electron chi connectivity index (χ0n) is 17.0. The van der Waals surface area contributed by atoms with Gasteiger partial charge in [-0.25, -0.2) is 0 Å². The quantitative estimate of drug-likeness (QED) is 0.581. The minimum Gasteiger partial charge on any atom is -0.494 e. The summed E-state index contributed by atoms with van der Waals surface area (Å²) in [5.41, 5.74) is 3.92. The van der Waals surface area contributed by atoms with E-state index in [0.717, 1.165) is 32.7 Å². The fraction of sp³-hybridized carbons (Fsp3) is 0.318. The highest BCUT2D eigenvalue weighted by molar-refractivity contribution is 7.16. The molecule has 0 aliphatic heterocycles. The molecule has 0 bridgehead atoms. The maximum atomic E-state index is 12.7. The van der Waals surface area contributed by atoms with Crippen molar-refractivity contribution in [2.45, 2.75) is 33.7 Å². The number of aromatic nitrogens is 1. The summed E-state index contributed by atoms with van der Waals surface area (Å²) < 4.78 is 13.0. The second kappa shape index (κ2) is 9.05. The van der Waals surface area contributed by atoms with Gasteiger partial charge in [-0.1, -0.05) is 35.1 Å². The number of ether oxygens (including phenoxy) is 2. The predicted molar refractivity (Wildman–Crippen MR) is 113 cm³/mol. The van der Waals surface area contributed by atoms with E-state index in [2.05, 4.69) is 4.99 Å². The number of thiazole rings is 1. The molecule has 0 fully saturated rings. The highest BCUT2D eigenvalue weighted by Gasteiger charge is 2.13. The molecule has 7 heteroatoms. The Balaban J connectivity index is 2.03. The van der Waals surface area contributed by atoms with Crippen LogP contribution < -0.4 is 9.54 Å². The standard InChI is InChI=1S/C22H24N2O4S/c1-5-28-17-8-9-18-19(12-17)29-22(24(18)13-21(26)27-4)23-20(25)11-16-10-14(2)6-7-15(16)3/h6-10,12H,5,11,13H2,1-4H3. The average molecular weight is 413 g/mol. The van der Waals surface area contributed by atoms with Gasteiger partial charge in [0.2, 0.25) is 0 Å². The second-order valence-electron chi connectivity index (χ2n) is 6.72. The number of benzene rings is 2. The number of methoxy groups -OCH3 is 1. The minimum absolute atomic E-state index is 0.0138. The van der Waals surface area contributed by atoms with Gasteiger partial charge in [0.25, 0.3) is 5.91 Å². The highest BCUT2D eigenvalue weighted by Crippen LogP contribution is 2.23. The summed E-state index contributed by atoms with van der Waals surface area (Å²) in [6.07, 6.45) is 0.212. The minimum atomic E-state index is -0.401. The van der Waals surface area contributed by atoms with Crippen molar-refractivity contribution in [3.05, 3.63) is 57.9 Å². The Kier molecular flexibility index (Phi) is 6.49. The molecule has 1 heterocycles. The van der Waals surface area contributed by atoms with Gasteiger partial charge in [0.05, 0.1) is 30.4 Å². The number of hydrogen-bond acceptors (Lipinski definition) is 5. The van der Waals surface area contributed by atoms with Crippen molar-refractivity contribution in [1.29, 1.82) is 0 Å². The first-order valence-corrected chi connectivity index (χ1v) is 10.2. The molecule has 1 aromatic heterocycles. The predicted octanol–water partition coefficient (Wildman–Crippen LogP) is 3.56. The molecule has 0 saturated heterocycles. The van der Waals surface area contributed by atoms with E-state index < -0.39 is 5.97 Å². The summed E-state index contributed by atoms with van der Waals surface area (Å²) in [6, 6.07) is 11.6. The molecule has 0 atom stereocenters. The Morgan fingerprint density at radius 2 is 1.93 bits per heavy atom. The lowest BCUT2D eigenvalue weighted by Crippen LogP contribution is -2.22. The van der Waals surface area contributed by atoms with Crippen molar-refractivity contribution in [2.24, 2.45) is 4.99 Å². The molecule has 3 aromatic rings. The van der Waals surface area contributed by atoms with E-state index in [4.69, 9.17) is 9.47 Å². The summed E-state index contributed by atoms with van der Waals surface area (Å²) in [7, 11) is 1.34. The van der Waals surface area contributed by atoms with Gasteiger partial charge >= 0.3 is 5.97 Å². The van der Waals surface area contributed by atoms with Gasteiger partial charge in [-0.3, -0.25) is 9.59 Å². The van der Waals surface area contributed by atoms with Crippen LogP contribution in [0.2, 0.25) is 0 Å². The number of fused-ring (bicyclic) bond motifs is 1. The van der Waals surface area contributed by atoms with Gasteiger partial charge in [0, 0.05) is 0 Å². The molecule has 2 aromatic carbocycles. The van der Waals surface area contributed by atoms with Gasteiger partial charge in [-0.15, -0.1) is 0 Å². The second-order valence-corrected chi connectivity index (χ2v) is 7.73. The van der Waals surface area contributed by atoms with Gasteiger partial charge in [-0.05, 0) is 50.1 Å². The zero-order chi connectivity index (χ0) is 21.0. The highest BCUT2D eigenvalue weighted by atomic mass is 32.1. The first-order chi connectivity index (χ1) is 13.9. The van der Waals surface area contributed by atoms with E-state index in [0.29, 0.717) is 11.4 Å². The Morgan fingerprint density at radius 3 is 2.66 bits per heavy atom. The summed E-state index contributed by atoms with van der Waals surface area (Å²) in [5, 5.41) is 0. The van der Waals surface area contributed by atoms with Crippen LogP contribution in [0.4, 0.5) is 0 Å². The first kappa shape index (κ1) is 20.8. The lowest BCUT2D eigenvalue weighted by atomic mass is 10.0. The summed E-state index contributed by atoms with van der Waals surface area (Å²) in [4.78, 5) is 29.4. The number of nitrogens with zero attached hydrogens (tertiary/aromatic N) is 2. The van der Waals surface area contributed by atoms with E-state index in [1.54, 1.807) is 4.57 Å². The third-order valence-corrected chi connectivity index (χ3v) is 5.59. The third-order valence-electron chi connectivity index (χ3n) is 4.55. The largest absolute Gasteiger partial charge is 0.494 e. The number of carbonyl (C=O) groups excluding carboxylic acids is 2. The van der Waals surface area contributed by atoms with Crippen LogP contribution in [0.3, 0.4) is 0 Å². The molecular formula is C22H24N2O4S. The molecule has 1 amide bonds. The van der Waals surface area contributed by atoms with Crippen molar-refractivity contribution in [3.8, 4) is 5.75 Å². The molecule has 0 unspecified atom stereocenters. The van der Waals surface area contributed by atoms with Crippen LogP contribution in [-0.2, 0) is 27.3 Å². The van der Waals surface area contributed by atoms with Crippen LogP contribution in [0.5, 0.6) is 5.75 Å². The van der Waals surface area contributed by atoms with Crippen molar-refractivity contribution in [2.75, 3.05) is 13.7 Å². The number of aryl methyl sites for hydroxylation is 2. The first-order valence-electron chi connectivity index (χ1n) is 9.38. The van der Waals surface area contributed by atoms with Gasteiger partial charge in [-0.2, -0.15) is 4.99 Å². The van der Waals surface area contributed by atoms with E-state index in [9.17, 15) is 9.59 Å². The molecule has 29 heavy (non-hydrogen) atoms. The fourth-order valence-electron chi connectivity index (χ4n) is 3.04. The smallest absolute Gasteiger partial charge is 0.325 e. The summed E-state index contributed by atoms with van der Waals surface area (Å²) in [6.45, 7) is 6.44. The Bertz CT molecular complexity index is 1130. The molecule has 0 N–H and O–H groups in total. The molecule has 0 saturated carbocycles. The number of hydrogen-bond donors (Lipinski definition) is 0. The number of esters is 1. The molecule has 0 spiro atoms. The Hall–Kier alpha value is -2.93. The Labute approximate surface area is 173 Å². The van der Waals surface area contributed by atoms with Gasteiger partial charge in [0.15, 0.2) is 4.80 Å². The van der Waals surface area contributed by atoms with E-state index in [-0.39, 0.29) is 18.9 Å². The van der Waals surface area contributed by atoms with Crippen molar-refractivity contribution in [3.63, 3.8) is 0 Å². The average Bonchev–Trinajstić information content (AvgIpc) is 3.01. The van der Waals surface area contributed by atoms with Crippen LogP contribution in [-0.4, -0.2) is 30.2 Å². The summed E-state index contributed by atoms with van der Waals surface area (Å²) in [5.74, 6) is 0.0793. The van der Waals surface area contributed by atoms with E-state index in [1.807, 2.05) is 57.2 Å². The monoisotopic (exact) mass is 412 g/mol. The van der Waals surface area contributed by atoms with Gasteiger partial charge < -0.3 is 14.0 Å². The summed E-state index contributed by atoms with van der Waals surface area (Å²) >= 11 is 1.35. The van der Waals surface area contributed by atoms with Crippen molar-refractivity contribution < 1.29 is 19.1 Å². The van der Waals surface area contributed by atoms with Gasteiger partial charge in [0.1, 0.15) is 12.3 Å². The lowest BCUT2D eigenvalue weighted by molar-refractivity contribution is -0.141. The number of amides is 1. The molecule has 0 aliphatic carbocycles. The number of carbonyl (C=O) groups is 2. The zero-order valence-corrected chi connectivity index (χ0v) is 17.8. The van der Waals surface area contributed by atoms with Crippen molar-refractivity contribution >= 4 is 33.4 Å². The fourth-order valence-corrected chi connectivity index (χ4v) is 4.12. The van der Waals surface area contributed by atoms with Crippen LogP contribution in [0.15, 0.2) is 41.4 Å². The Morgan fingerprint density at radius 1 is 1.14 bits per heavy atom. The molecular weight excluding hydrogens is 388 g/mol. The normalized spacial score (nSPS) is 11.7. The molecule has 3 rings (SSSR count). The van der Waals surface area contributed by atoms with Crippen LogP contribution in [0, 0.1) is 13.8 Å². The number of rotatable bonds is 6. The molecule has 6 nitrogen and oxygen atoms in total. The van der Waals surface area contributed by atoms with E-state index >= 15 is 0 Å². The van der Waals surface area contributed by atoms with Crippen LogP contribution >= 0.6 is 11.3 Å². The van der Waals surface area contributed by atoms with Crippen LogP contribution in [0.1, 0.15) is 23.6 Å². The maximum Gasteiger partial charge on any atom is 0.325 e. The molecule has 152 valence electrons. The van der Waals surface area contributed by atoms with E-state index in [1.165, 1.54) is 18.4 Å². The topological polar surface area (TPSA) is 69.9 Å². The third kappa shape index (κ3) is 4.92.